The zero-order chi connectivity index (χ0) is 23.8. The van der Waals surface area contributed by atoms with Gasteiger partial charge < -0.3 is 14.2 Å². The average Bonchev–Trinajstić information content (AvgIpc) is 3.13. The molecule has 0 N–H and O–H groups in total. The Labute approximate surface area is 191 Å². The molecule has 2 saturated heterocycles. The van der Waals surface area contributed by atoms with Gasteiger partial charge in [0.25, 0.3) is 10.0 Å². The number of piperidine rings is 2. The second-order valence-electron chi connectivity index (χ2n) is 8.61. The largest absolute Gasteiger partial charge is 0.474 e. The quantitative estimate of drug-likeness (QED) is 0.645. The Kier molecular flexibility index (Phi) is 6.70. The van der Waals surface area contributed by atoms with Crippen LogP contribution in [0.4, 0.5) is 13.2 Å². The average molecular weight is 488 g/mol. The van der Waals surface area contributed by atoms with Crippen molar-refractivity contribution in [2.45, 2.75) is 56.0 Å². The summed E-state index contributed by atoms with van der Waals surface area (Å²) in [6.45, 7) is 4.26. The van der Waals surface area contributed by atoms with Gasteiger partial charge in [0.15, 0.2) is 5.03 Å². The van der Waals surface area contributed by atoms with Crippen molar-refractivity contribution >= 4 is 10.0 Å². The topological polar surface area (TPSA) is 80.6 Å². The lowest BCUT2D eigenvalue weighted by atomic mass is 10.00. The number of alkyl halides is 3. The first-order chi connectivity index (χ1) is 15.5. The SMILES string of the molecule is Cc1nc(S(=O)(=O)N2CCC(N3CCC(Oc4ccc(C(F)(F)F)cn4)CC3)CC2)cn1C. The normalized spacial score (nSPS) is 20.3. The van der Waals surface area contributed by atoms with Crippen molar-refractivity contribution in [1.29, 1.82) is 0 Å². The van der Waals surface area contributed by atoms with Gasteiger partial charge >= 0.3 is 6.18 Å². The molecule has 0 spiro atoms. The molecule has 2 aliphatic rings. The highest BCUT2D eigenvalue weighted by Gasteiger charge is 2.35. The van der Waals surface area contributed by atoms with E-state index in [1.165, 1.54) is 10.4 Å². The Morgan fingerprint density at radius 1 is 1.06 bits per heavy atom. The molecular weight excluding hydrogens is 459 g/mol. The third-order valence-corrected chi connectivity index (χ3v) is 8.23. The fourth-order valence-electron chi connectivity index (χ4n) is 4.38. The Morgan fingerprint density at radius 3 is 2.24 bits per heavy atom. The number of halogens is 3. The molecule has 0 saturated carbocycles. The van der Waals surface area contributed by atoms with E-state index >= 15 is 0 Å². The first kappa shape index (κ1) is 24.0. The molecule has 2 aromatic heterocycles. The summed E-state index contributed by atoms with van der Waals surface area (Å²) in [6, 6.07) is 2.53. The van der Waals surface area contributed by atoms with Crippen LogP contribution >= 0.6 is 0 Å². The van der Waals surface area contributed by atoms with Gasteiger partial charge in [-0.3, -0.25) is 0 Å². The van der Waals surface area contributed by atoms with Gasteiger partial charge in [0.05, 0.1) is 5.56 Å². The molecule has 0 radical (unpaired) electrons. The number of hydrogen-bond donors (Lipinski definition) is 0. The fraction of sp³-hybridized carbons (Fsp3) is 0.619. The van der Waals surface area contributed by atoms with Crippen LogP contribution in [0.25, 0.3) is 0 Å². The summed E-state index contributed by atoms with van der Waals surface area (Å²) in [5.74, 6) is 0.852. The van der Waals surface area contributed by atoms with Crippen molar-refractivity contribution in [2.75, 3.05) is 26.2 Å². The van der Waals surface area contributed by atoms with Gasteiger partial charge in [-0.1, -0.05) is 0 Å². The number of nitrogens with zero attached hydrogens (tertiary/aromatic N) is 5. The molecule has 0 atom stereocenters. The standard InChI is InChI=1S/C21H28F3N5O3S/c1-15-26-20(14-27(15)2)33(30,31)29-11-5-17(6-12-29)28-9-7-18(8-10-28)32-19-4-3-16(13-25-19)21(22,23)24/h3-4,13-14,17-18H,5-12H2,1-2H3. The zero-order valence-electron chi connectivity index (χ0n) is 18.6. The van der Waals surface area contributed by atoms with Crippen LogP contribution in [-0.2, 0) is 23.2 Å². The Balaban J connectivity index is 1.26. The lowest BCUT2D eigenvalue weighted by Gasteiger charge is -2.41. The third kappa shape index (κ3) is 5.33. The molecular formula is C21H28F3N5O3S. The maximum atomic E-state index is 12.9. The number of imidazole rings is 1. The van der Waals surface area contributed by atoms with E-state index in [2.05, 4.69) is 14.9 Å². The first-order valence-electron chi connectivity index (χ1n) is 11.0. The van der Waals surface area contributed by atoms with Gasteiger partial charge in [-0.05, 0) is 38.7 Å². The van der Waals surface area contributed by atoms with E-state index in [9.17, 15) is 21.6 Å². The highest BCUT2D eigenvalue weighted by molar-refractivity contribution is 7.89. The van der Waals surface area contributed by atoms with E-state index in [1.807, 2.05) is 0 Å². The van der Waals surface area contributed by atoms with E-state index < -0.39 is 21.8 Å². The van der Waals surface area contributed by atoms with E-state index in [1.54, 1.807) is 24.7 Å². The minimum absolute atomic E-state index is 0.0933. The molecule has 2 aliphatic heterocycles. The molecule has 12 heteroatoms. The molecule has 0 unspecified atom stereocenters. The maximum Gasteiger partial charge on any atom is 0.417 e. The van der Waals surface area contributed by atoms with Crippen LogP contribution < -0.4 is 4.74 Å². The van der Waals surface area contributed by atoms with E-state index in [-0.39, 0.29) is 17.0 Å². The molecule has 0 aromatic carbocycles. The number of sulfonamides is 1. The van der Waals surface area contributed by atoms with Crippen molar-refractivity contribution in [3.8, 4) is 5.88 Å². The van der Waals surface area contributed by atoms with Gasteiger partial charge in [0, 0.05) is 57.7 Å². The number of aromatic nitrogens is 3. The number of pyridine rings is 1. The van der Waals surface area contributed by atoms with E-state index in [4.69, 9.17) is 4.74 Å². The molecule has 0 aliphatic carbocycles. The van der Waals surface area contributed by atoms with Gasteiger partial charge in [0.1, 0.15) is 11.9 Å². The summed E-state index contributed by atoms with van der Waals surface area (Å²) in [7, 11) is -1.82. The zero-order valence-corrected chi connectivity index (χ0v) is 19.4. The summed E-state index contributed by atoms with van der Waals surface area (Å²) >= 11 is 0. The number of rotatable bonds is 5. The number of aryl methyl sites for hydroxylation is 2. The van der Waals surface area contributed by atoms with E-state index in [0.29, 0.717) is 25.0 Å². The predicted molar refractivity (Wildman–Crippen MR) is 114 cm³/mol. The highest BCUT2D eigenvalue weighted by atomic mass is 32.2. The minimum Gasteiger partial charge on any atom is -0.474 e. The molecule has 4 heterocycles. The van der Waals surface area contributed by atoms with Crippen molar-refractivity contribution in [3.63, 3.8) is 0 Å². The van der Waals surface area contributed by atoms with Gasteiger partial charge in [-0.25, -0.2) is 18.4 Å². The summed E-state index contributed by atoms with van der Waals surface area (Å²) in [5.41, 5.74) is -0.795. The van der Waals surface area contributed by atoms with Crippen LogP contribution in [0.5, 0.6) is 5.88 Å². The highest BCUT2D eigenvalue weighted by Crippen LogP contribution is 2.30. The van der Waals surface area contributed by atoms with Crippen LogP contribution in [0.2, 0.25) is 0 Å². The molecule has 0 bridgehead atoms. The van der Waals surface area contributed by atoms with E-state index in [0.717, 1.165) is 51.0 Å². The van der Waals surface area contributed by atoms with Crippen LogP contribution in [0, 0.1) is 6.92 Å². The summed E-state index contributed by atoms with van der Waals surface area (Å²) in [4.78, 5) is 10.3. The monoisotopic (exact) mass is 487 g/mol. The van der Waals surface area contributed by atoms with Crippen LogP contribution in [0.15, 0.2) is 29.6 Å². The van der Waals surface area contributed by atoms with Crippen LogP contribution in [0.1, 0.15) is 37.1 Å². The molecule has 2 fully saturated rings. The molecule has 182 valence electrons. The summed E-state index contributed by atoms with van der Waals surface area (Å²) in [5, 5.41) is 0.0933. The van der Waals surface area contributed by atoms with Gasteiger partial charge in [-0.15, -0.1) is 0 Å². The van der Waals surface area contributed by atoms with Crippen molar-refractivity contribution < 1.29 is 26.3 Å². The number of likely N-dealkylation sites (tertiary alicyclic amines) is 1. The molecule has 33 heavy (non-hydrogen) atoms. The lowest BCUT2D eigenvalue weighted by Crippen LogP contribution is -2.50. The van der Waals surface area contributed by atoms with Crippen molar-refractivity contribution in [3.05, 3.63) is 35.9 Å². The smallest absolute Gasteiger partial charge is 0.417 e. The second kappa shape index (κ2) is 9.22. The Bertz CT molecular complexity index is 1040. The molecule has 4 rings (SSSR count). The van der Waals surface area contributed by atoms with Gasteiger partial charge in [0.2, 0.25) is 5.88 Å². The Morgan fingerprint density at radius 2 is 1.73 bits per heavy atom. The molecule has 8 nitrogen and oxygen atoms in total. The lowest BCUT2D eigenvalue weighted by molar-refractivity contribution is -0.137. The van der Waals surface area contributed by atoms with Gasteiger partial charge in [-0.2, -0.15) is 17.5 Å². The third-order valence-electron chi connectivity index (χ3n) is 6.46. The molecule has 0 amide bonds. The Hall–Kier alpha value is -2.18. The summed E-state index contributed by atoms with van der Waals surface area (Å²) < 4.78 is 72.7. The van der Waals surface area contributed by atoms with Crippen molar-refractivity contribution in [1.82, 2.24) is 23.7 Å². The first-order valence-corrected chi connectivity index (χ1v) is 12.4. The minimum atomic E-state index is -4.41. The van der Waals surface area contributed by atoms with Crippen LogP contribution in [-0.4, -0.2) is 70.5 Å². The number of hydrogen-bond acceptors (Lipinski definition) is 6. The van der Waals surface area contributed by atoms with Crippen molar-refractivity contribution in [2.24, 2.45) is 7.05 Å². The molecule has 2 aromatic rings. The number of ether oxygens (including phenoxy) is 1. The summed E-state index contributed by atoms with van der Waals surface area (Å²) in [6.07, 6.45) is 0.809. The van der Waals surface area contributed by atoms with Crippen LogP contribution in [0.3, 0.4) is 0 Å². The maximum absolute atomic E-state index is 12.9. The second-order valence-corrected chi connectivity index (χ2v) is 10.5. The fourth-order valence-corrected chi connectivity index (χ4v) is 5.87. The predicted octanol–water partition coefficient (Wildman–Crippen LogP) is 2.84.